The van der Waals surface area contributed by atoms with Crippen LogP contribution < -0.4 is 0 Å². The van der Waals surface area contributed by atoms with Crippen LogP contribution in [-0.2, 0) is 9.16 Å². The molecule has 0 aromatic heterocycles. The van der Waals surface area contributed by atoms with Crippen molar-refractivity contribution in [2.45, 2.75) is 45.5 Å². The zero-order chi connectivity index (χ0) is 11.0. The van der Waals surface area contributed by atoms with Gasteiger partial charge < -0.3 is 9.16 Å². The highest BCUT2D eigenvalue weighted by molar-refractivity contribution is 6.69. The minimum atomic E-state index is -1.38. The molecule has 0 aliphatic rings. The predicted molar refractivity (Wildman–Crippen MR) is 59.6 cm³/mol. The van der Waals surface area contributed by atoms with Gasteiger partial charge in [0.25, 0.3) is 0 Å². The van der Waals surface area contributed by atoms with Gasteiger partial charge >= 0.3 is 0 Å². The minimum absolute atomic E-state index is 0.259. The average molecular weight is 215 g/mol. The van der Waals surface area contributed by atoms with Crippen molar-refractivity contribution in [3.05, 3.63) is 0 Å². The number of hydrogen-bond donors (Lipinski definition) is 0. The Morgan fingerprint density at radius 3 is 2.43 bits per heavy atom. The summed E-state index contributed by atoms with van der Waals surface area (Å²) in [5.74, 6) is 0. The second-order valence-electron chi connectivity index (χ2n) is 4.18. The van der Waals surface area contributed by atoms with Crippen molar-refractivity contribution >= 4 is 8.32 Å². The van der Waals surface area contributed by atoms with E-state index in [4.69, 9.17) is 14.4 Å². The second-order valence-corrected chi connectivity index (χ2v) is 8.69. The predicted octanol–water partition coefficient (Wildman–Crippen LogP) is 2.55. The van der Waals surface area contributed by atoms with Gasteiger partial charge in [0.1, 0.15) is 6.10 Å². The van der Waals surface area contributed by atoms with Crippen molar-refractivity contribution in [2.75, 3.05) is 13.2 Å². The van der Waals surface area contributed by atoms with Crippen LogP contribution in [0.3, 0.4) is 0 Å². The summed E-state index contributed by atoms with van der Waals surface area (Å²) in [5.41, 5.74) is 0. The van der Waals surface area contributed by atoms with Crippen LogP contribution in [0.25, 0.3) is 0 Å². The first kappa shape index (κ1) is 13.6. The summed E-state index contributed by atoms with van der Waals surface area (Å²) in [4.78, 5) is 0. The summed E-state index contributed by atoms with van der Waals surface area (Å²) in [5, 5.41) is 8.71. The maximum atomic E-state index is 8.71. The third kappa shape index (κ3) is 8.24. The lowest BCUT2D eigenvalue weighted by Gasteiger charge is -2.17. The van der Waals surface area contributed by atoms with E-state index < -0.39 is 8.32 Å². The van der Waals surface area contributed by atoms with E-state index in [2.05, 4.69) is 25.7 Å². The molecule has 0 aliphatic heterocycles. The fraction of sp³-hybridized carbons (Fsp3) is 0.900. The summed E-state index contributed by atoms with van der Waals surface area (Å²) in [6, 6.07) is 2.13. The van der Waals surface area contributed by atoms with E-state index in [1.54, 1.807) is 0 Å². The molecule has 0 N–H and O–H groups in total. The maximum Gasteiger partial charge on any atom is 0.183 e. The first-order valence-electron chi connectivity index (χ1n) is 5.14. The minimum Gasteiger partial charge on any atom is -0.418 e. The summed E-state index contributed by atoms with van der Waals surface area (Å²) < 4.78 is 10.9. The van der Waals surface area contributed by atoms with Crippen molar-refractivity contribution < 1.29 is 9.16 Å². The Balaban J connectivity index is 3.48. The van der Waals surface area contributed by atoms with Gasteiger partial charge in [-0.25, -0.2) is 0 Å². The van der Waals surface area contributed by atoms with E-state index in [0.29, 0.717) is 6.61 Å². The summed E-state index contributed by atoms with van der Waals surface area (Å²) in [7, 11) is -1.38. The van der Waals surface area contributed by atoms with E-state index in [1.165, 1.54) is 0 Å². The van der Waals surface area contributed by atoms with E-state index in [-0.39, 0.29) is 6.10 Å². The molecule has 0 rings (SSSR count). The molecule has 0 spiro atoms. The molecule has 0 aromatic carbocycles. The van der Waals surface area contributed by atoms with Gasteiger partial charge in [0, 0.05) is 13.2 Å². The number of ether oxygens (including phenoxy) is 1. The lowest BCUT2D eigenvalue weighted by atomic mass is 10.2. The Labute approximate surface area is 88.1 Å². The van der Waals surface area contributed by atoms with Gasteiger partial charge in [-0.15, -0.1) is 0 Å². The highest BCUT2D eigenvalue weighted by Gasteiger charge is 2.14. The first-order chi connectivity index (χ1) is 6.49. The Bertz CT molecular complexity index is 184. The molecule has 1 atom stereocenters. The summed E-state index contributed by atoms with van der Waals surface area (Å²) in [6.07, 6.45) is 1.42. The van der Waals surface area contributed by atoms with Crippen molar-refractivity contribution in [2.24, 2.45) is 0 Å². The SMILES string of the molecule is CCOC(C#N)CCCO[Si](C)(C)C. The van der Waals surface area contributed by atoms with E-state index in [1.807, 2.05) is 6.92 Å². The van der Waals surface area contributed by atoms with E-state index in [9.17, 15) is 0 Å². The number of nitriles is 1. The zero-order valence-electron chi connectivity index (χ0n) is 9.67. The van der Waals surface area contributed by atoms with Gasteiger partial charge in [-0.2, -0.15) is 5.26 Å². The van der Waals surface area contributed by atoms with Crippen molar-refractivity contribution in [1.29, 1.82) is 5.26 Å². The highest BCUT2D eigenvalue weighted by atomic mass is 28.4. The molecule has 1 unspecified atom stereocenters. The molecule has 0 saturated carbocycles. The van der Waals surface area contributed by atoms with Crippen LogP contribution in [0.5, 0.6) is 0 Å². The molecule has 0 fully saturated rings. The quantitative estimate of drug-likeness (QED) is 0.484. The maximum absolute atomic E-state index is 8.71. The van der Waals surface area contributed by atoms with Crippen LogP contribution >= 0.6 is 0 Å². The second kappa shape index (κ2) is 6.99. The fourth-order valence-corrected chi connectivity index (χ4v) is 1.79. The first-order valence-corrected chi connectivity index (χ1v) is 8.55. The smallest absolute Gasteiger partial charge is 0.183 e. The van der Waals surface area contributed by atoms with Crippen molar-refractivity contribution in [3.8, 4) is 6.07 Å². The van der Waals surface area contributed by atoms with Gasteiger partial charge in [-0.1, -0.05) is 0 Å². The molecular weight excluding hydrogens is 194 g/mol. The van der Waals surface area contributed by atoms with Crippen molar-refractivity contribution in [3.63, 3.8) is 0 Å². The molecular formula is C10H21NO2Si. The van der Waals surface area contributed by atoms with Crippen LogP contribution in [-0.4, -0.2) is 27.6 Å². The van der Waals surface area contributed by atoms with Gasteiger partial charge in [-0.05, 0) is 39.4 Å². The molecule has 0 aliphatic carbocycles. The monoisotopic (exact) mass is 215 g/mol. The van der Waals surface area contributed by atoms with E-state index >= 15 is 0 Å². The van der Waals surface area contributed by atoms with E-state index in [0.717, 1.165) is 19.4 Å². The average Bonchev–Trinajstić information content (AvgIpc) is 2.08. The molecule has 4 heteroatoms. The summed E-state index contributed by atoms with van der Waals surface area (Å²) >= 11 is 0. The summed E-state index contributed by atoms with van der Waals surface area (Å²) in [6.45, 7) is 9.75. The highest BCUT2D eigenvalue weighted by Crippen LogP contribution is 2.06. The van der Waals surface area contributed by atoms with Crippen molar-refractivity contribution in [1.82, 2.24) is 0 Å². The van der Waals surface area contributed by atoms with Gasteiger partial charge in [0.05, 0.1) is 6.07 Å². The number of hydrogen-bond acceptors (Lipinski definition) is 3. The normalized spacial score (nSPS) is 13.6. The van der Waals surface area contributed by atoms with Crippen LogP contribution in [0.4, 0.5) is 0 Å². The molecule has 82 valence electrons. The molecule has 0 saturated heterocycles. The Hall–Kier alpha value is -0.373. The standard InChI is InChI=1S/C10H21NO2Si/c1-5-12-10(9-11)7-6-8-13-14(2,3)4/h10H,5-8H2,1-4H3. The molecule has 14 heavy (non-hydrogen) atoms. The molecule has 0 radical (unpaired) electrons. The van der Waals surface area contributed by atoms with Gasteiger partial charge in [0.2, 0.25) is 0 Å². The third-order valence-corrected chi connectivity index (χ3v) is 2.73. The Morgan fingerprint density at radius 2 is 2.00 bits per heavy atom. The lowest BCUT2D eigenvalue weighted by Crippen LogP contribution is -2.26. The topological polar surface area (TPSA) is 42.2 Å². The molecule has 3 nitrogen and oxygen atoms in total. The fourth-order valence-electron chi connectivity index (χ4n) is 1.03. The van der Waals surface area contributed by atoms with Crippen LogP contribution in [0.2, 0.25) is 19.6 Å². The Morgan fingerprint density at radius 1 is 1.36 bits per heavy atom. The zero-order valence-corrected chi connectivity index (χ0v) is 10.7. The molecule has 0 heterocycles. The van der Waals surface area contributed by atoms with Gasteiger partial charge in [0.15, 0.2) is 8.32 Å². The van der Waals surface area contributed by atoms with Gasteiger partial charge in [-0.3, -0.25) is 0 Å². The molecule has 0 amide bonds. The lowest BCUT2D eigenvalue weighted by molar-refractivity contribution is 0.0900. The third-order valence-electron chi connectivity index (χ3n) is 1.66. The molecule has 0 aromatic rings. The van der Waals surface area contributed by atoms with Crippen LogP contribution in [0.1, 0.15) is 19.8 Å². The van der Waals surface area contributed by atoms with Crippen LogP contribution in [0, 0.1) is 11.3 Å². The number of rotatable bonds is 7. The number of nitrogens with zero attached hydrogens (tertiary/aromatic N) is 1. The van der Waals surface area contributed by atoms with Crippen LogP contribution in [0.15, 0.2) is 0 Å². The Kier molecular flexibility index (Phi) is 6.80. The molecule has 0 bridgehead atoms. The largest absolute Gasteiger partial charge is 0.418 e.